The monoisotopic (exact) mass is 563 g/mol. The number of carbonyl (C=O) groups is 2. The second kappa shape index (κ2) is 19.1. The van der Waals surface area contributed by atoms with E-state index >= 15 is 0 Å². The zero-order valence-corrected chi connectivity index (χ0v) is 24.1. The molecule has 1 aliphatic rings. The van der Waals surface area contributed by atoms with Crippen LogP contribution in [0.15, 0.2) is 75.2 Å². The van der Waals surface area contributed by atoms with Crippen LogP contribution in [0.25, 0.3) is 0 Å². The summed E-state index contributed by atoms with van der Waals surface area (Å²) < 4.78 is 6.89. The van der Waals surface area contributed by atoms with Crippen LogP contribution in [0.3, 0.4) is 0 Å². The second-order valence-electron chi connectivity index (χ2n) is 8.72. The molecule has 2 aromatic carbocycles. The molecule has 0 radical (unpaired) electrons. The van der Waals surface area contributed by atoms with E-state index in [1.165, 1.54) is 11.2 Å². The fraction of sp³-hybridized carbons (Fsp3) is 0.345. The van der Waals surface area contributed by atoms with Crippen LogP contribution in [0.5, 0.6) is 0 Å². The molecule has 0 atom stereocenters. The van der Waals surface area contributed by atoms with Crippen molar-refractivity contribution in [1.82, 2.24) is 14.5 Å². The van der Waals surface area contributed by atoms with E-state index in [0.29, 0.717) is 44.0 Å². The van der Waals surface area contributed by atoms with E-state index in [4.69, 9.17) is 5.26 Å². The van der Waals surface area contributed by atoms with Gasteiger partial charge in [0, 0.05) is 61.6 Å². The number of nitrogens with zero attached hydrogens (tertiary/aromatic N) is 5. The number of rotatable bonds is 10. The Bertz CT molecular complexity index is 1190. The van der Waals surface area contributed by atoms with Crippen molar-refractivity contribution in [2.75, 3.05) is 58.7 Å². The summed E-state index contributed by atoms with van der Waals surface area (Å²) >= 11 is 1.72. The molecule has 0 fully saturated rings. The van der Waals surface area contributed by atoms with Gasteiger partial charge >= 0.3 is 0 Å². The van der Waals surface area contributed by atoms with Crippen molar-refractivity contribution in [3.05, 3.63) is 71.4 Å². The number of hydrogen-bond donors (Lipinski definition) is 2. The first kappa shape index (κ1) is 32.2. The number of aliphatic imine (C=N–C) groups is 2. The summed E-state index contributed by atoms with van der Waals surface area (Å²) in [7, 11) is 3.83. The Balaban J connectivity index is 0.000000305. The van der Waals surface area contributed by atoms with Crippen molar-refractivity contribution in [2.24, 2.45) is 9.98 Å². The second-order valence-corrected chi connectivity index (χ2v) is 9.89. The minimum atomic E-state index is 0.361. The topological polar surface area (TPSA) is 122 Å². The fourth-order valence-corrected chi connectivity index (χ4v) is 4.43. The highest BCUT2D eigenvalue weighted by Crippen LogP contribution is 2.23. The third-order valence-electron chi connectivity index (χ3n) is 5.65. The molecule has 0 saturated carbocycles. The van der Waals surface area contributed by atoms with Crippen molar-refractivity contribution in [3.63, 3.8) is 0 Å². The van der Waals surface area contributed by atoms with E-state index in [9.17, 15) is 9.59 Å². The molecule has 0 amide bonds. The molecule has 0 bridgehead atoms. The summed E-state index contributed by atoms with van der Waals surface area (Å²) in [5.41, 5.74) is 4.07. The molecule has 0 unspecified atom stereocenters. The third-order valence-corrected chi connectivity index (χ3v) is 6.75. The van der Waals surface area contributed by atoms with Gasteiger partial charge in [-0.1, -0.05) is 24.3 Å². The Morgan fingerprint density at radius 3 is 2.67 bits per heavy atom. The number of benzene rings is 2. The molecule has 0 aliphatic carbocycles. The SMILES string of the molecule is CN(CCOC=O)Cc1ccccc1C=O.CNc1ccc(SN2CCN=CN=C(C#N)/C=C(/C)NCC2)cc1. The van der Waals surface area contributed by atoms with E-state index in [0.717, 1.165) is 42.9 Å². The van der Waals surface area contributed by atoms with Crippen LogP contribution in [0.1, 0.15) is 22.8 Å². The summed E-state index contributed by atoms with van der Waals surface area (Å²) in [5.74, 6) is 0. The van der Waals surface area contributed by atoms with Crippen molar-refractivity contribution < 1.29 is 14.3 Å². The zero-order chi connectivity index (χ0) is 29.0. The molecular formula is C29H37N7O3S. The van der Waals surface area contributed by atoms with Crippen molar-refractivity contribution in [1.29, 1.82) is 5.26 Å². The van der Waals surface area contributed by atoms with Gasteiger partial charge in [0.25, 0.3) is 6.47 Å². The summed E-state index contributed by atoms with van der Waals surface area (Å²) in [6.45, 7) is 7.18. The zero-order valence-electron chi connectivity index (χ0n) is 23.2. The van der Waals surface area contributed by atoms with E-state index in [2.05, 4.69) is 60.0 Å². The number of ether oxygens (including phenoxy) is 1. The highest BCUT2D eigenvalue weighted by atomic mass is 32.2. The van der Waals surface area contributed by atoms with Gasteiger partial charge in [0.2, 0.25) is 0 Å². The molecule has 1 aliphatic heterocycles. The first-order valence-electron chi connectivity index (χ1n) is 12.8. The first-order chi connectivity index (χ1) is 19.5. The van der Waals surface area contributed by atoms with Crippen molar-refractivity contribution >= 4 is 42.4 Å². The lowest BCUT2D eigenvalue weighted by molar-refractivity contribution is -0.129. The summed E-state index contributed by atoms with van der Waals surface area (Å²) in [4.78, 5) is 32.3. The summed E-state index contributed by atoms with van der Waals surface area (Å²) in [5, 5.41) is 15.5. The summed E-state index contributed by atoms with van der Waals surface area (Å²) in [6.07, 6.45) is 4.06. The maximum Gasteiger partial charge on any atom is 0.293 e. The lowest BCUT2D eigenvalue weighted by Gasteiger charge is -2.21. The number of likely N-dealkylation sites (N-methyl/N-ethyl adjacent to an activating group) is 1. The van der Waals surface area contributed by atoms with Gasteiger partial charge in [-0.3, -0.25) is 19.5 Å². The fourth-order valence-electron chi connectivity index (χ4n) is 3.52. The van der Waals surface area contributed by atoms with E-state index in [1.54, 1.807) is 24.1 Å². The minimum Gasteiger partial charge on any atom is -0.467 e. The van der Waals surface area contributed by atoms with Gasteiger partial charge in [-0.2, -0.15) is 5.26 Å². The van der Waals surface area contributed by atoms with Crippen molar-refractivity contribution in [3.8, 4) is 6.07 Å². The van der Waals surface area contributed by atoms with Gasteiger partial charge in [0.1, 0.15) is 31.0 Å². The van der Waals surface area contributed by atoms with Crippen molar-refractivity contribution in [2.45, 2.75) is 18.4 Å². The number of hydrogen-bond acceptors (Lipinski definition) is 11. The number of aldehydes is 1. The minimum absolute atomic E-state index is 0.361. The summed E-state index contributed by atoms with van der Waals surface area (Å²) in [6, 6.07) is 17.9. The lowest BCUT2D eigenvalue weighted by Crippen LogP contribution is -2.29. The predicted octanol–water partition coefficient (Wildman–Crippen LogP) is 3.64. The number of nitriles is 1. The van der Waals surface area contributed by atoms with Gasteiger partial charge in [0.15, 0.2) is 0 Å². The van der Waals surface area contributed by atoms with E-state index in [-0.39, 0.29) is 0 Å². The molecule has 40 heavy (non-hydrogen) atoms. The van der Waals surface area contributed by atoms with Crippen LogP contribution < -0.4 is 10.6 Å². The third kappa shape index (κ3) is 12.7. The quantitative estimate of drug-likeness (QED) is 0.253. The predicted molar refractivity (Wildman–Crippen MR) is 162 cm³/mol. The van der Waals surface area contributed by atoms with Gasteiger partial charge < -0.3 is 15.4 Å². The van der Waals surface area contributed by atoms with Gasteiger partial charge in [-0.15, -0.1) is 0 Å². The molecule has 1 heterocycles. The normalized spacial score (nSPS) is 15.4. The Hall–Kier alpha value is -3.98. The highest BCUT2D eigenvalue weighted by Gasteiger charge is 2.08. The Kier molecular flexibility index (Phi) is 15.4. The van der Waals surface area contributed by atoms with E-state index in [1.807, 2.05) is 44.1 Å². The Morgan fingerprint density at radius 1 is 1.20 bits per heavy atom. The van der Waals surface area contributed by atoms with Gasteiger partial charge in [-0.25, -0.2) is 9.30 Å². The molecule has 3 rings (SSSR count). The highest BCUT2D eigenvalue weighted by molar-refractivity contribution is 7.97. The van der Waals surface area contributed by atoms with Crippen LogP contribution in [-0.2, 0) is 16.1 Å². The Labute approximate surface area is 241 Å². The van der Waals surface area contributed by atoms with Crippen LogP contribution in [0.2, 0.25) is 0 Å². The van der Waals surface area contributed by atoms with Crippen LogP contribution >= 0.6 is 11.9 Å². The maximum atomic E-state index is 10.8. The van der Waals surface area contributed by atoms with Gasteiger partial charge in [-0.05, 0) is 61.8 Å². The first-order valence-corrected chi connectivity index (χ1v) is 13.6. The Morgan fingerprint density at radius 2 is 1.98 bits per heavy atom. The molecule has 0 spiro atoms. The number of carbonyl (C=O) groups excluding carboxylic acids is 2. The average molecular weight is 564 g/mol. The molecule has 0 aromatic heterocycles. The molecule has 0 saturated heterocycles. The molecular weight excluding hydrogens is 526 g/mol. The largest absolute Gasteiger partial charge is 0.467 e. The van der Waals surface area contributed by atoms with E-state index < -0.39 is 0 Å². The number of anilines is 1. The van der Waals surface area contributed by atoms with Crippen LogP contribution in [-0.4, -0.2) is 87.4 Å². The average Bonchev–Trinajstić information content (AvgIpc) is 2.96. The lowest BCUT2D eigenvalue weighted by atomic mass is 10.1. The maximum absolute atomic E-state index is 10.8. The standard InChI is InChI=1S/C17H22N6S.C12H15NO3/c1-14-11-16(12-18)22-13-20-7-9-23(10-8-21-14)24-17-5-3-15(19-2)4-6-17;1-13(6-7-16-10-15)8-11-4-2-3-5-12(11)9-14/h3-6,11,13,19,21H,7-10H2,1-2H3;2-5,9-10H,6-8H2,1H3/b14-11-,20-13?,22-16?;. The number of nitrogens with one attached hydrogen (secondary N) is 2. The number of allylic oxidation sites excluding steroid dienone is 2. The molecule has 11 heteroatoms. The molecule has 10 nitrogen and oxygen atoms in total. The van der Waals surface area contributed by atoms with Crippen LogP contribution in [0.4, 0.5) is 5.69 Å². The smallest absolute Gasteiger partial charge is 0.293 e. The molecule has 212 valence electrons. The van der Waals surface area contributed by atoms with Gasteiger partial charge in [0.05, 0.1) is 6.54 Å². The molecule has 2 aromatic rings. The van der Waals surface area contributed by atoms with Crippen LogP contribution in [0, 0.1) is 11.3 Å². The molecule has 2 N–H and O–H groups in total.